The van der Waals surface area contributed by atoms with Crippen LogP contribution >= 0.6 is 0 Å². The molecule has 4 N–H and O–H groups in total. The number of amides is 2. The Morgan fingerprint density at radius 3 is 2.14 bits per heavy atom. The van der Waals surface area contributed by atoms with Crippen LogP contribution in [0.5, 0.6) is 11.5 Å². The molecule has 3 unspecified atom stereocenters. The van der Waals surface area contributed by atoms with Crippen molar-refractivity contribution in [2.75, 3.05) is 32.7 Å². The second-order valence-electron chi connectivity index (χ2n) is 21.2. The van der Waals surface area contributed by atoms with Crippen LogP contribution in [0.1, 0.15) is 131 Å². The molecule has 2 heterocycles. The summed E-state index contributed by atoms with van der Waals surface area (Å²) in [4.78, 5) is 55.7. The minimum absolute atomic E-state index is 0.0180. The van der Waals surface area contributed by atoms with Crippen LogP contribution in [0.25, 0.3) is 0 Å². The molecule has 4 saturated carbocycles. The van der Waals surface area contributed by atoms with Gasteiger partial charge in [0.05, 0.1) is 11.7 Å². The number of nitrogens with zero attached hydrogens (tertiary/aromatic N) is 1. The van der Waals surface area contributed by atoms with Crippen LogP contribution in [0, 0.1) is 17.3 Å². The number of benzene rings is 1. The van der Waals surface area contributed by atoms with E-state index in [1.54, 1.807) is 75.3 Å². The molecule has 0 spiro atoms. The number of carbonyl (C=O) groups is 4. The molecular weight excluding hydrogens is 759 g/mol. The molecule has 16 heteroatoms. The Bertz CT molecular complexity index is 1800. The van der Waals surface area contributed by atoms with Crippen molar-refractivity contribution in [3.05, 3.63) is 23.3 Å². The number of nitrogens with two attached hydrogens (primary N) is 1. The van der Waals surface area contributed by atoms with Crippen LogP contribution in [0.2, 0.25) is 5.82 Å². The van der Waals surface area contributed by atoms with Gasteiger partial charge >= 0.3 is 25.3 Å². The van der Waals surface area contributed by atoms with E-state index >= 15 is 0 Å². The minimum atomic E-state index is -1.36. The number of rotatable bonds is 12. The quantitative estimate of drug-likeness (QED) is 0.0971. The van der Waals surface area contributed by atoms with Gasteiger partial charge in [0.25, 0.3) is 0 Å². The molecule has 1 aromatic rings. The van der Waals surface area contributed by atoms with Crippen LogP contribution in [-0.2, 0) is 28.3 Å². The molecule has 2 amide bonds. The number of hydrogen-bond acceptors (Lipinski definition) is 13. The summed E-state index contributed by atoms with van der Waals surface area (Å²) < 4.78 is 43.0. The maximum absolute atomic E-state index is 14.2. The molecule has 2 aliphatic heterocycles. The van der Waals surface area contributed by atoms with E-state index in [0.717, 1.165) is 12.8 Å². The van der Waals surface area contributed by atoms with Crippen LogP contribution in [0.3, 0.4) is 0 Å². The summed E-state index contributed by atoms with van der Waals surface area (Å²) in [5.41, 5.74) is 2.19. The van der Waals surface area contributed by atoms with Gasteiger partial charge in [0.2, 0.25) is 5.91 Å². The minimum Gasteiger partial charge on any atom is -0.487 e. The summed E-state index contributed by atoms with van der Waals surface area (Å²) in [5, 5.41) is 5.52. The molecular formula is C43H67BN4O11. The summed E-state index contributed by atoms with van der Waals surface area (Å²) in [6.07, 6.45) is 0.710. The molecule has 1 aromatic carbocycles. The van der Waals surface area contributed by atoms with Gasteiger partial charge in [0.15, 0.2) is 5.75 Å². The molecule has 7 rings (SSSR count). The molecule has 59 heavy (non-hydrogen) atoms. The highest BCUT2D eigenvalue weighted by molar-refractivity contribution is 6.49. The van der Waals surface area contributed by atoms with Crippen LogP contribution < -0.4 is 25.8 Å². The van der Waals surface area contributed by atoms with Gasteiger partial charge in [-0.3, -0.25) is 9.69 Å². The number of ether oxygens (including phenoxy) is 5. The molecule has 4 aliphatic carbocycles. The van der Waals surface area contributed by atoms with Crippen molar-refractivity contribution in [1.29, 1.82) is 0 Å². The monoisotopic (exact) mass is 826 g/mol. The molecule has 6 aliphatic rings. The summed E-state index contributed by atoms with van der Waals surface area (Å²) in [7, 11) is -0.436. The Labute approximate surface area is 349 Å². The third-order valence-corrected chi connectivity index (χ3v) is 12.4. The van der Waals surface area contributed by atoms with E-state index in [-0.39, 0.29) is 65.6 Å². The summed E-state index contributed by atoms with van der Waals surface area (Å²) in [5.74, 6) is -0.0817. The van der Waals surface area contributed by atoms with Gasteiger partial charge in [-0.2, -0.15) is 0 Å². The highest BCUT2D eigenvalue weighted by Gasteiger charge is 2.70. The second kappa shape index (κ2) is 15.7. The third kappa shape index (κ3) is 9.81. The van der Waals surface area contributed by atoms with Crippen LogP contribution in [-0.4, -0.2) is 109 Å². The maximum Gasteiger partial charge on any atom is 0.514 e. The predicted molar refractivity (Wildman–Crippen MR) is 220 cm³/mol. The molecule has 0 radical (unpaired) electrons. The molecule has 7 atom stereocenters. The lowest BCUT2D eigenvalue weighted by molar-refractivity contribution is -0.199. The van der Waals surface area contributed by atoms with E-state index in [1.165, 1.54) is 0 Å². The lowest BCUT2D eigenvalue weighted by Crippen LogP contribution is -2.67. The molecule has 0 aromatic heterocycles. The van der Waals surface area contributed by atoms with Gasteiger partial charge in [0, 0.05) is 38.5 Å². The van der Waals surface area contributed by atoms with Crippen LogP contribution in [0.4, 0.5) is 9.59 Å². The largest absolute Gasteiger partial charge is 0.514 e. The average Bonchev–Trinajstić information content (AvgIpc) is 3.76. The number of esters is 1. The highest BCUT2D eigenvalue weighted by Crippen LogP contribution is 2.68. The third-order valence-electron chi connectivity index (χ3n) is 12.4. The Morgan fingerprint density at radius 1 is 0.898 bits per heavy atom. The molecule has 15 nitrogen and oxygen atoms in total. The normalized spacial score (nSPS) is 28.5. The summed E-state index contributed by atoms with van der Waals surface area (Å²) >= 11 is 0. The first kappa shape index (κ1) is 44.9. The maximum atomic E-state index is 14.2. The summed E-state index contributed by atoms with van der Waals surface area (Å²) in [6, 6.07) is 3.55. The number of nitrogens with one attached hydrogen (secondary N) is 2. The molecule has 2 bridgehead atoms. The van der Waals surface area contributed by atoms with Crippen molar-refractivity contribution in [3.63, 3.8) is 0 Å². The van der Waals surface area contributed by atoms with E-state index in [2.05, 4.69) is 31.4 Å². The van der Waals surface area contributed by atoms with E-state index in [9.17, 15) is 19.2 Å². The molecule has 2 saturated heterocycles. The number of alkyl carbamates (subject to hydrolysis) is 1. The first-order valence-electron chi connectivity index (χ1n) is 21.2. The van der Waals surface area contributed by atoms with E-state index in [0.29, 0.717) is 36.9 Å². The van der Waals surface area contributed by atoms with Crippen molar-refractivity contribution in [2.45, 2.75) is 161 Å². The first-order chi connectivity index (χ1) is 27.1. The Morgan fingerprint density at radius 2 is 1.54 bits per heavy atom. The van der Waals surface area contributed by atoms with E-state index < -0.39 is 59.7 Å². The zero-order valence-corrected chi connectivity index (χ0v) is 37.4. The Hall–Kier alpha value is -3.60. The standard InChI is InChI=1S/C43H67BN4O11/c1-38(2,3)55-34(49)32-29(53-25-21-48(22-25)23-42(12,35(50)46-17-16-45)47-36(51)56-39(4,5)6)15-14-26(33(32)54-37(52)57-40(7,8)9)27-20-28(27)44-58-31-19-24-18-30(41(24,10)11)43(31,13)59-44/h14-15,24-25,27-28,30-31H,16-23,45H2,1-13H3,(H,46,50)(H,47,51)/t24-,27?,28?,30-,31?,42+,43-/m0/s1. The summed E-state index contributed by atoms with van der Waals surface area (Å²) in [6.45, 7) is 25.5. The van der Waals surface area contributed by atoms with Gasteiger partial charge in [0.1, 0.15) is 39.8 Å². The predicted octanol–water partition coefficient (Wildman–Crippen LogP) is 5.96. The Balaban J connectivity index is 1.25. The van der Waals surface area contributed by atoms with E-state index in [1.807, 2.05) is 11.0 Å². The fourth-order valence-electron chi connectivity index (χ4n) is 9.34. The van der Waals surface area contributed by atoms with Crippen molar-refractivity contribution < 1.29 is 52.2 Å². The lowest BCUT2D eigenvalue weighted by atomic mass is 9.43. The van der Waals surface area contributed by atoms with Gasteiger partial charge in [-0.25, -0.2) is 14.4 Å². The first-order valence-corrected chi connectivity index (χ1v) is 21.2. The van der Waals surface area contributed by atoms with Gasteiger partial charge < -0.3 is 49.4 Å². The number of hydrogen-bond donors (Lipinski definition) is 3. The van der Waals surface area contributed by atoms with Crippen LogP contribution in [0.15, 0.2) is 12.1 Å². The topological polar surface area (TPSA) is 186 Å². The molecule has 328 valence electrons. The van der Waals surface area contributed by atoms with Crippen molar-refractivity contribution >= 4 is 31.2 Å². The van der Waals surface area contributed by atoms with E-state index in [4.69, 9.17) is 38.7 Å². The lowest BCUT2D eigenvalue weighted by Gasteiger charge is -2.64. The number of likely N-dealkylation sites (tertiary alicyclic amines) is 1. The van der Waals surface area contributed by atoms with Crippen molar-refractivity contribution in [3.8, 4) is 11.5 Å². The van der Waals surface area contributed by atoms with Crippen molar-refractivity contribution in [2.24, 2.45) is 23.0 Å². The molecule has 6 fully saturated rings. The van der Waals surface area contributed by atoms with Crippen molar-refractivity contribution in [1.82, 2.24) is 15.5 Å². The van der Waals surface area contributed by atoms with Gasteiger partial charge in [-0.15, -0.1) is 0 Å². The SMILES string of the molecule is CC(C)(C)OC(=O)N[C@](C)(CN1CC(Oc2ccc(C3CC3B3OC4C[C@@H]5C[C@@H](C5(C)C)[C@]4(C)O3)c(OC(=O)OC(C)(C)C)c2C(=O)OC(C)(C)C)C1)C(=O)NCCN. The Kier molecular flexibility index (Phi) is 12.0. The number of carbonyl (C=O) groups excluding carboxylic acids is 4. The smallest absolute Gasteiger partial charge is 0.487 e. The highest BCUT2D eigenvalue weighted by atomic mass is 16.7. The second-order valence-corrected chi connectivity index (χ2v) is 21.2. The average molecular weight is 827 g/mol. The zero-order chi connectivity index (χ0) is 43.7. The van der Waals surface area contributed by atoms with Gasteiger partial charge in [-0.1, -0.05) is 19.9 Å². The zero-order valence-electron chi connectivity index (χ0n) is 37.4. The fourth-order valence-corrected chi connectivity index (χ4v) is 9.34. The van der Waals surface area contributed by atoms with Gasteiger partial charge in [-0.05, 0) is 130 Å². The fraction of sp³-hybridized carbons (Fsp3) is 0.767.